The fourth-order valence-electron chi connectivity index (χ4n) is 1.04. The first-order valence-electron chi connectivity index (χ1n) is 3.84. The van der Waals surface area contributed by atoms with Crippen molar-refractivity contribution in [1.82, 2.24) is 4.98 Å². The van der Waals surface area contributed by atoms with E-state index in [-0.39, 0.29) is 17.0 Å². The summed E-state index contributed by atoms with van der Waals surface area (Å²) in [5.41, 5.74) is -0.0450. The molecule has 0 N–H and O–H groups in total. The van der Waals surface area contributed by atoms with Gasteiger partial charge >= 0.3 is 0 Å². The van der Waals surface area contributed by atoms with E-state index in [9.17, 15) is 8.78 Å². The molecule has 0 unspecified atom stereocenters. The molecular weight excluding hydrogens is 190 g/mol. The van der Waals surface area contributed by atoms with E-state index in [1.165, 1.54) is 20.1 Å². The number of hydrogen-bond donors (Lipinski definition) is 0. The molecule has 0 fully saturated rings. The summed E-state index contributed by atoms with van der Waals surface area (Å²) in [5.74, 6) is 0.0300. The van der Waals surface area contributed by atoms with Crippen LogP contribution in [0.3, 0.4) is 0 Å². The number of nitriles is 1. The van der Waals surface area contributed by atoms with E-state index in [1.54, 1.807) is 0 Å². The van der Waals surface area contributed by atoms with E-state index in [0.717, 1.165) is 0 Å². The molecule has 0 bridgehead atoms. The lowest BCUT2D eigenvalue weighted by Gasteiger charge is -2.07. The number of ether oxygens (including phenoxy) is 1. The average molecular weight is 198 g/mol. The Kier molecular flexibility index (Phi) is 2.97. The Balaban J connectivity index is 3.36. The van der Waals surface area contributed by atoms with Gasteiger partial charge in [-0.2, -0.15) is 5.26 Å². The summed E-state index contributed by atoms with van der Waals surface area (Å²) in [4.78, 5) is 3.58. The molecule has 0 aliphatic carbocycles. The fourth-order valence-corrected chi connectivity index (χ4v) is 1.04. The Morgan fingerprint density at radius 1 is 1.57 bits per heavy atom. The van der Waals surface area contributed by atoms with Gasteiger partial charge in [0.2, 0.25) is 5.88 Å². The molecule has 0 saturated heterocycles. The largest absolute Gasteiger partial charge is 0.481 e. The summed E-state index contributed by atoms with van der Waals surface area (Å²) in [5, 5.41) is 8.67. The highest BCUT2D eigenvalue weighted by molar-refractivity contribution is 5.42. The molecule has 74 valence electrons. The Morgan fingerprint density at radius 3 is 2.64 bits per heavy atom. The second-order valence-electron chi connectivity index (χ2n) is 2.63. The summed E-state index contributed by atoms with van der Waals surface area (Å²) >= 11 is 0. The molecule has 3 nitrogen and oxygen atoms in total. The highest BCUT2D eigenvalue weighted by Gasteiger charge is 2.17. The van der Waals surface area contributed by atoms with Crippen LogP contribution in [0.15, 0.2) is 6.07 Å². The van der Waals surface area contributed by atoms with E-state index in [4.69, 9.17) is 10.00 Å². The number of aromatic nitrogens is 1. The van der Waals surface area contributed by atoms with Crippen LogP contribution < -0.4 is 4.74 Å². The second kappa shape index (κ2) is 4.01. The number of alkyl halides is 2. The minimum atomic E-state index is -2.70. The number of hydrogen-bond acceptors (Lipinski definition) is 3. The van der Waals surface area contributed by atoms with Crippen LogP contribution in [0.1, 0.15) is 23.2 Å². The summed E-state index contributed by atoms with van der Waals surface area (Å²) in [6.45, 7) is 1.44. The van der Waals surface area contributed by atoms with Gasteiger partial charge in [-0.15, -0.1) is 0 Å². The summed E-state index contributed by atoms with van der Waals surface area (Å²) in [6, 6.07) is 3.15. The van der Waals surface area contributed by atoms with Crippen LogP contribution in [0.25, 0.3) is 0 Å². The Bertz CT molecular complexity index is 385. The first-order chi connectivity index (χ1) is 6.60. The van der Waals surface area contributed by atoms with Crippen molar-refractivity contribution in [3.8, 4) is 11.9 Å². The molecule has 5 heteroatoms. The van der Waals surface area contributed by atoms with Gasteiger partial charge in [-0.3, -0.25) is 0 Å². The van der Waals surface area contributed by atoms with Crippen LogP contribution in [-0.2, 0) is 0 Å². The maximum Gasteiger partial charge on any atom is 0.280 e. The molecule has 0 radical (unpaired) electrons. The molecule has 0 aliphatic heterocycles. The van der Waals surface area contributed by atoms with Crippen LogP contribution in [-0.4, -0.2) is 12.1 Å². The monoisotopic (exact) mass is 198 g/mol. The van der Waals surface area contributed by atoms with Crippen LogP contribution in [0.4, 0.5) is 8.78 Å². The van der Waals surface area contributed by atoms with Crippen molar-refractivity contribution >= 4 is 0 Å². The van der Waals surface area contributed by atoms with Crippen LogP contribution in [0.2, 0.25) is 0 Å². The number of methoxy groups -OCH3 is 1. The van der Waals surface area contributed by atoms with Gasteiger partial charge in [0.15, 0.2) is 0 Å². The maximum atomic E-state index is 12.4. The van der Waals surface area contributed by atoms with Crippen molar-refractivity contribution in [3.05, 3.63) is 22.9 Å². The average Bonchev–Trinajstić information content (AvgIpc) is 2.17. The Morgan fingerprint density at radius 2 is 2.21 bits per heavy atom. The third-order valence-electron chi connectivity index (χ3n) is 1.82. The van der Waals surface area contributed by atoms with Gasteiger partial charge < -0.3 is 4.74 Å². The zero-order valence-corrected chi connectivity index (χ0v) is 7.71. The molecular formula is C9H8F2N2O. The normalized spacial score (nSPS) is 10.0. The standard InChI is InChI=1S/C9H8F2N2O/c1-5-6(4-12)3-7(14-2)13-8(5)9(10)11/h3,9H,1-2H3. The van der Waals surface area contributed by atoms with Crippen molar-refractivity contribution in [2.45, 2.75) is 13.3 Å². The molecule has 0 atom stereocenters. The number of halogens is 2. The van der Waals surface area contributed by atoms with Gasteiger partial charge in [0.25, 0.3) is 6.43 Å². The molecule has 1 rings (SSSR count). The molecule has 1 heterocycles. The third kappa shape index (κ3) is 1.79. The van der Waals surface area contributed by atoms with Crippen LogP contribution >= 0.6 is 0 Å². The Hall–Kier alpha value is -1.70. The lowest BCUT2D eigenvalue weighted by molar-refractivity contribution is 0.144. The van der Waals surface area contributed by atoms with Crippen molar-refractivity contribution in [2.75, 3.05) is 7.11 Å². The zero-order valence-electron chi connectivity index (χ0n) is 7.71. The molecule has 0 aromatic carbocycles. The summed E-state index contributed by atoms with van der Waals surface area (Å²) in [7, 11) is 1.31. The van der Waals surface area contributed by atoms with Gasteiger partial charge in [0.1, 0.15) is 5.69 Å². The van der Waals surface area contributed by atoms with E-state index < -0.39 is 12.1 Å². The zero-order chi connectivity index (χ0) is 10.7. The second-order valence-corrected chi connectivity index (χ2v) is 2.63. The van der Waals surface area contributed by atoms with Crippen molar-refractivity contribution in [2.24, 2.45) is 0 Å². The molecule has 1 aromatic heterocycles. The summed E-state index contributed by atoms with van der Waals surface area (Å²) < 4.78 is 29.6. The van der Waals surface area contributed by atoms with Gasteiger partial charge in [0.05, 0.1) is 18.7 Å². The summed E-state index contributed by atoms with van der Waals surface area (Å²) in [6.07, 6.45) is -2.70. The SMILES string of the molecule is COc1cc(C#N)c(C)c(C(F)F)n1. The molecule has 0 saturated carbocycles. The minimum Gasteiger partial charge on any atom is -0.481 e. The first-order valence-corrected chi connectivity index (χ1v) is 3.84. The number of pyridine rings is 1. The smallest absolute Gasteiger partial charge is 0.280 e. The number of nitrogens with zero attached hydrogens (tertiary/aromatic N) is 2. The molecule has 14 heavy (non-hydrogen) atoms. The minimum absolute atomic E-state index is 0.0300. The van der Waals surface area contributed by atoms with Gasteiger partial charge in [-0.1, -0.05) is 0 Å². The van der Waals surface area contributed by atoms with Crippen LogP contribution in [0, 0.1) is 18.3 Å². The highest BCUT2D eigenvalue weighted by atomic mass is 19.3. The van der Waals surface area contributed by atoms with Crippen molar-refractivity contribution in [1.29, 1.82) is 5.26 Å². The lowest BCUT2D eigenvalue weighted by Crippen LogP contribution is -2.00. The topological polar surface area (TPSA) is 45.9 Å². The van der Waals surface area contributed by atoms with E-state index in [1.807, 2.05) is 6.07 Å². The molecule has 0 spiro atoms. The highest BCUT2D eigenvalue weighted by Crippen LogP contribution is 2.25. The van der Waals surface area contributed by atoms with Crippen LogP contribution in [0.5, 0.6) is 5.88 Å². The van der Waals surface area contributed by atoms with Gasteiger partial charge in [0, 0.05) is 6.07 Å². The molecule has 1 aromatic rings. The Labute approximate surface area is 79.9 Å². The van der Waals surface area contributed by atoms with E-state index in [0.29, 0.717) is 0 Å². The van der Waals surface area contributed by atoms with Gasteiger partial charge in [-0.25, -0.2) is 13.8 Å². The van der Waals surface area contributed by atoms with E-state index in [2.05, 4.69) is 4.98 Å². The first kappa shape index (κ1) is 10.4. The predicted octanol–water partition coefficient (Wildman–Crippen LogP) is 2.21. The van der Waals surface area contributed by atoms with Crippen molar-refractivity contribution < 1.29 is 13.5 Å². The fraction of sp³-hybridized carbons (Fsp3) is 0.333. The van der Waals surface area contributed by atoms with E-state index >= 15 is 0 Å². The number of rotatable bonds is 2. The third-order valence-corrected chi connectivity index (χ3v) is 1.82. The quantitative estimate of drug-likeness (QED) is 0.731. The van der Waals surface area contributed by atoms with Gasteiger partial charge in [-0.05, 0) is 12.5 Å². The molecule has 0 aliphatic rings. The predicted molar refractivity (Wildman–Crippen MR) is 45.2 cm³/mol. The maximum absolute atomic E-state index is 12.4. The molecule has 0 amide bonds. The van der Waals surface area contributed by atoms with Crippen molar-refractivity contribution in [3.63, 3.8) is 0 Å². The lowest BCUT2D eigenvalue weighted by atomic mass is 10.1.